The van der Waals surface area contributed by atoms with Crippen LogP contribution < -0.4 is 55.2 Å². The number of nitrogens with zero attached hydrogens (tertiary/aromatic N) is 1. The summed E-state index contributed by atoms with van der Waals surface area (Å²) in [5.41, 5.74) is 6.93. The van der Waals surface area contributed by atoms with E-state index in [1.807, 2.05) is 26.0 Å². The minimum absolute atomic E-state index is 0. The minimum Gasteiger partial charge on any atom is -0.548 e. The van der Waals surface area contributed by atoms with Crippen molar-refractivity contribution < 1.29 is 62.1 Å². The van der Waals surface area contributed by atoms with Crippen LogP contribution in [0.4, 0.5) is 5.69 Å². The molecule has 0 aliphatic rings. The Morgan fingerprint density at radius 2 is 1.72 bits per heavy atom. The van der Waals surface area contributed by atoms with Crippen LogP contribution in [-0.2, 0) is 26.0 Å². The molecule has 0 saturated heterocycles. The van der Waals surface area contributed by atoms with Gasteiger partial charge < -0.3 is 30.4 Å². The molecular weight excluding hydrogens is 533 g/mol. The van der Waals surface area contributed by atoms with Crippen LogP contribution in [0.2, 0.25) is 0 Å². The molecule has 0 aromatic heterocycles. The first-order valence-corrected chi connectivity index (χ1v) is 14.0. The number of methoxy groups -OCH3 is 2. The number of carbonyl (C=O) groups excluding carboxylic acids is 2. The fourth-order valence-corrected chi connectivity index (χ4v) is 5.86. The molecule has 210 valence electrons. The molecule has 0 bridgehead atoms. The van der Waals surface area contributed by atoms with E-state index in [1.54, 1.807) is 20.3 Å². The predicted molar refractivity (Wildman–Crippen MR) is 143 cm³/mol. The molecule has 1 amide bonds. The second-order valence-corrected chi connectivity index (χ2v) is 11.3. The number of anilines is 1. The van der Waals surface area contributed by atoms with E-state index in [1.165, 1.54) is 24.3 Å². The Morgan fingerprint density at radius 3 is 2.28 bits per heavy atom. The summed E-state index contributed by atoms with van der Waals surface area (Å²) < 4.78 is 38.3. The maximum atomic E-state index is 13.3. The fraction of sp³-hybridized carbons (Fsp3) is 0.481. The van der Waals surface area contributed by atoms with Gasteiger partial charge in [-0.05, 0) is 67.5 Å². The molecule has 0 unspecified atom stereocenters. The molecule has 2 aromatic carbocycles. The number of para-hydroxylation sites is 1. The first-order chi connectivity index (χ1) is 18.0. The van der Waals surface area contributed by atoms with E-state index in [0.29, 0.717) is 43.0 Å². The molecule has 2 rings (SSSR count). The number of nitrogens with two attached hydrogens (primary N) is 1. The van der Waals surface area contributed by atoms with E-state index in [4.69, 9.17) is 15.2 Å². The largest absolute Gasteiger partial charge is 1.00 e. The summed E-state index contributed by atoms with van der Waals surface area (Å²) in [4.78, 5) is 24.3. The van der Waals surface area contributed by atoms with Crippen molar-refractivity contribution in [2.24, 2.45) is 5.92 Å². The molecular formula is C27H38N3NaO7S. The molecule has 0 fully saturated rings. The van der Waals surface area contributed by atoms with Gasteiger partial charge >= 0.3 is 29.6 Å². The average Bonchev–Trinajstić information content (AvgIpc) is 2.87. The van der Waals surface area contributed by atoms with Crippen molar-refractivity contribution in [2.45, 2.75) is 56.9 Å². The quantitative estimate of drug-likeness (QED) is 0.148. The van der Waals surface area contributed by atoms with Gasteiger partial charge in [0.25, 0.3) is 0 Å². The summed E-state index contributed by atoms with van der Waals surface area (Å²) >= 11 is 0. The Hall–Kier alpha value is -2.31. The zero-order valence-corrected chi connectivity index (χ0v) is 26.3. The topological polar surface area (TPSA) is 151 Å². The van der Waals surface area contributed by atoms with Crippen molar-refractivity contribution in [3.05, 3.63) is 48.0 Å². The van der Waals surface area contributed by atoms with Crippen LogP contribution in [0.3, 0.4) is 0 Å². The van der Waals surface area contributed by atoms with Crippen LogP contribution in [-0.4, -0.2) is 58.0 Å². The van der Waals surface area contributed by atoms with Gasteiger partial charge in [0.05, 0.1) is 31.1 Å². The molecule has 0 radical (unpaired) electrons. The van der Waals surface area contributed by atoms with Gasteiger partial charge in [-0.3, -0.25) is 4.79 Å². The molecule has 0 aliphatic carbocycles. The van der Waals surface area contributed by atoms with Gasteiger partial charge in [0.1, 0.15) is 0 Å². The number of nitrogen functional groups attached to an aromatic ring is 1. The van der Waals surface area contributed by atoms with Gasteiger partial charge in [0.2, 0.25) is 15.9 Å². The van der Waals surface area contributed by atoms with Crippen LogP contribution in [0.5, 0.6) is 11.5 Å². The number of sulfonamides is 1. The molecule has 0 saturated carbocycles. The summed E-state index contributed by atoms with van der Waals surface area (Å²) in [5.74, 6) is -0.531. The van der Waals surface area contributed by atoms with E-state index < -0.39 is 22.0 Å². The Bertz CT molecular complexity index is 1170. The number of ether oxygens (including phenoxy) is 2. The number of nitrogens with one attached hydrogen (secondary N) is 1. The average molecular weight is 572 g/mol. The molecule has 39 heavy (non-hydrogen) atoms. The number of benzene rings is 2. The number of aliphatic carboxylic acids is 1. The van der Waals surface area contributed by atoms with Crippen LogP contribution in [0.25, 0.3) is 0 Å². The molecule has 0 heterocycles. The van der Waals surface area contributed by atoms with E-state index in [9.17, 15) is 23.1 Å². The monoisotopic (exact) mass is 571 g/mol. The third-order valence-corrected chi connectivity index (χ3v) is 7.87. The van der Waals surface area contributed by atoms with Gasteiger partial charge in [0.15, 0.2) is 11.5 Å². The van der Waals surface area contributed by atoms with Crippen molar-refractivity contribution >= 4 is 27.6 Å². The number of carboxylic acids is 1. The number of rotatable bonds is 16. The summed E-state index contributed by atoms with van der Waals surface area (Å²) in [6, 6.07) is 9.79. The Labute approximate surface area is 253 Å². The van der Waals surface area contributed by atoms with Crippen LogP contribution in [0.1, 0.15) is 45.1 Å². The summed E-state index contributed by atoms with van der Waals surface area (Å²) in [6.07, 6.45) is 1.63. The van der Waals surface area contributed by atoms with Gasteiger partial charge in [-0.1, -0.05) is 26.0 Å². The summed E-state index contributed by atoms with van der Waals surface area (Å²) in [7, 11) is -0.993. The second kappa shape index (κ2) is 16.7. The van der Waals surface area contributed by atoms with E-state index in [0.717, 1.165) is 9.87 Å². The van der Waals surface area contributed by atoms with Crippen molar-refractivity contribution in [1.29, 1.82) is 0 Å². The Morgan fingerprint density at radius 1 is 1.05 bits per heavy atom. The molecule has 0 aliphatic heterocycles. The van der Waals surface area contributed by atoms with Gasteiger partial charge in [-0.25, -0.2) is 8.42 Å². The van der Waals surface area contributed by atoms with Crippen molar-refractivity contribution in [3.63, 3.8) is 0 Å². The maximum absolute atomic E-state index is 13.3. The molecule has 12 heteroatoms. The van der Waals surface area contributed by atoms with Gasteiger partial charge in [-0.2, -0.15) is 4.31 Å². The Kier molecular flexibility index (Phi) is 14.9. The van der Waals surface area contributed by atoms with Crippen LogP contribution in [0, 0.1) is 5.92 Å². The third kappa shape index (κ3) is 10.3. The van der Waals surface area contributed by atoms with E-state index in [-0.39, 0.29) is 65.7 Å². The van der Waals surface area contributed by atoms with Gasteiger partial charge in [0, 0.05) is 25.2 Å². The SMILES string of the molecule is COc1cccc(CCC(=O)NCCCC[C@@H](C(=O)[O-])N(CC(C)C)S(=O)(=O)c2ccc(N)cc2)c1OC.[Na+]. The van der Waals surface area contributed by atoms with Crippen molar-refractivity contribution in [3.8, 4) is 11.5 Å². The zero-order chi connectivity index (χ0) is 28.3. The third-order valence-electron chi connectivity index (χ3n) is 5.98. The van der Waals surface area contributed by atoms with Crippen LogP contribution in [0.15, 0.2) is 47.4 Å². The maximum Gasteiger partial charge on any atom is 1.00 e. The minimum atomic E-state index is -4.09. The molecule has 10 nitrogen and oxygen atoms in total. The Balaban J connectivity index is 0.00000760. The number of amides is 1. The normalized spacial score (nSPS) is 12.1. The molecule has 1 atom stereocenters. The number of hydrogen-bond donors (Lipinski definition) is 2. The summed E-state index contributed by atoms with van der Waals surface area (Å²) in [5, 5.41) is 14.8. The smallest absolute Gasteiger partial charge is 0.548 e. The number of carboxylic acid groups (broad SMARTS) is 1. The number of unbranched alkanes of at least 4 members (excludes halogenated alkanes) is 1. The zero-order valence-electron chi connectivity index (χ0n) is 23.4. The molecule has 2 aromatic rings. The summed E-state index contributed by atoms with van der Waals surface area (Å²) in [6.45, 7) is 3.99. The van der Waals surface area contributed by atoms with Crippen molar-refractivity contribution in [1.82, 2.24) is 9.62 Å². The van der Waals surface area contributed by atoms with Gasteiger partial charge in [-0.15, -0.1) is 0 Å². The second-order valence-electron chi connectivity index (χ2n) is 9.37. The molecule has 3 N–H and O–H groups in total. The van der Waals surface area contributed by atoms with E-state index >= 15 is 0 Å². The standard InChI is InChI=1S/C27H39N3O7S.Na/c1-19(2)18-30(38(34,35)22-14-12-21(28)13-15-22)23(27(32)33)9-5-6-17-29-25(31)16-11-20-8-7-10-24(36-3)26(20)37-4;/h7-8,10,12-15,19,23H,5-6,9,11,16-18,28H2,1-4H3,(H,29,31)(H,32,33);/q;+1/p-1/t23-;/m0./s1. The number of carbonyl (C=O) groups is 2. The van der Waals surface area contributed by atoms with E-state index in [2.05, 4.69) is 5.32 Å². The number of hydrogen-bond acceptors (Lipinski definition) is 8. The predicted octanol–water partition coefficient (Wildman–Crippen LogP) is -1.03. The first kappa shape index (κ1) is 34.7. The van der Waals surface area contributed by atoms with Crippen LogP contribution >= 0.6 is 0 Å². The molecule has 0 spiro atoms. The fourth-order valence-electron chi connectivity index (χ4n) is 4.09. The first-order valence-electron chi connectivity index (χ1n) is 12.6. The number of aryl methyl sites for hydroxylation is 1. The van der Waals surface area contributed by atoms with Crippen molar-refractivity contribution in [2.75, 3.05) is 33.0 Å².